The van der Waals surface area contributed by atoms with Crippen molar-refractivity contribution in [3.05, 3.63) is 35.6 Å². The van der Waals surface area contributed by atoms with Crippen molar-refractivity contribution in [3.63, 3.8) is 0 Å². The highest BCUT2D eigenvalue weighted by Crippen LogP contribution is 2.23. The Bertz CT molecular complexity index is 484. The molecular formula is C17H25FN2O. The van der Waals surface area contributed by atoms with Crippen LogP contribution in [-0.2, 0) is 10.2 Å². The largest absolute Gasteiger partial charge is 0.355 e. The molecule has 0 unspecified atom stereocenters. The number of carbonyl (C=O) groups is 1. The Kier molecular flexibility index (Phi) is 4.99. The number of nitrogens with one attached hydrogen (secondary N) is 2. The second-order valence-electron chi connectivity index (χ2n) is 6.69. The van der Waals surface area contributed by atoms with Crippen molar-refractivity contribution in [3.8, 4) is 0 Å². The summed E-state index contributed by atoms with van der Waals surface area (Å²) >= 11 is 0. The van der Waals surface area contributed by atoms with E-state index in [2.05, 4.69) is 31.4 Å². The molecule has 21 heavy (non-hydrogen) atoms. The fourth-order valence-corrected chi connectivity index (χ4v) is 2.83. The van der Waals surface area contributed by atoms with Crippen LogP contribution in [0.2, 0.25) is 0 Å². The highest BCUT2D eigenvalue weighted by Gasteiger charge is 2.27. The van der Waals surface area contributed by atoms with Gasteiger partial charge in [0.25, 0.3) is 0 Å². The minimum Gasteiger partial charge on any atom is -0.355 e. The van der Waals surface area contributed by atoms with E-state index in [-0.39, 0.29) is 23.1 Å². The molecule has 1 saturated heterocycles. The predicted octanol–water partition coefficient (Wildman–Crippen LogP) is 2.61. The molecule has 0 aromatic heterocycles. The van der Waals surface area contributed by atoms with Crippen molar-refractivity contribution >= 4 is 5.91 Å². The lowest BCUT2D eigenvalue weighted by Crippen LogP contribution is -2.45. The standard InChI is InChI=1S/C17H25FN2O/c1-12-10-13(8-9-19-12)16(21)20-11-17(2,3)14-4-6-15(18)7-5-14/h4-7,12-13,19H,8-11H2,1-3H3,(H,20,21)/t12-,13-/m0/s1. The number of amides is 1. The van der Waals surface area contributed by atoms with Crippen molar-refractivity contribution in [2.45, 2.75) is 45.1 Å². The zero-order valence-corrected chi connectivity index (χ0v) is 13.1. The molecule has 0 spiro atoms. The van der Waals surface area contributed by atoms with Crippen LogP contribution in [0.3, 0.4) is 0 Å². The number of benzene rings is 1. The van der Waals surface area contributed by atoms with Crippen LogP contribution in [0.15, 0.2) is 24.3 Å². The van der Waals surface area contributed by atoms with Gasteiger partial charge in [-0.1, -0.05) is 26.0 Å². The lowest BCUT2D eigenvalue weighted by Gasteiger charge is -2.30. The fourth-order valence-electron chi connectivity index (χ4n) is 2.83. The average molecular weight is 292 g/mol. The predicted molar refractivity (Wildman–Crippen MR) is 82.6 cm³/mol. The van der Waals surface area contributed by atoms with Gasteiger partial charge in [-0.2, -0.15) is 0 Å². The molecule has 1 aromatic carbocycles. The molecular weight excluding hydrogens is 267 g/mol. The summed E-state index contributed by atoms with van der Waals surface area (Å²) in [6.07, 6.45) is 1.79. The van der Waals surface area contributed by atoms with E-state index in [0.717, 1.165) is 24.9 Å². The number of hydrogen-bond acceptors (Lipinski definition) is 2. The van der Waals surface area contributed by atoms with Crippen LogP contribution in [0.1, 0.15) is 39.2 Å². The molecule has 1 aliphatic rings. The molecule has 1 amide bonds. The molecule has 116 valence electrons. The molecule has 1 heterocycles. The maximum atomic E-state index is 13.0. The van der Waals surface area contributed by atoms with Gasteiger partial charge in [-0.05, 0) is 44.0 Å². The molecule has 1 fully saturated rings. The highest BCUT2D eigenvalue weighted by atomic mass is 19.1. The van der Waals surface area contributed by atoms with E-state index in [4.69, 9.17) is 0 Å². The van der Waals surface area contributed by atoms with Gasteiger partial charge in [0.15, 0.2) is 0 Å². The van der Waals surface area contributed by atoms with Gasteiger partial charge in [0, 0.05) is 23.9 Å². The second-order valence-corrected chi connectivity index (χ2v) is 6.69. The third kappa shape index (κ3) is 4.27. The third-order valence-corrected chi connectivity index (χ3v) is 4.32. The lowest BCUT2D eigenvalue weighted by atomic mass is 9.84. The zero-order chi connectivity index (χ0) is 15.5. The summed E-state index contributed by atoms with van der Waals surface area (Å²) in [5.74, 6) is 0.00563. The molecule has 1 aromatic rings. The topological polar surface area (TPSA) is 41.1 Å². The summed E-state index contributed by atoms with van der Waals surface area (Å²) in [5, 5.41) is 6.42. The quantitative estimate of drug-likeness (QED) is 0.895. The van der Waals surface area contributed by atoms with Gasteiger partial charge in [-0.15, -0.1) is 0 Å². The Morgan fingerprint density at radius 3 is 2.67 bits per heavy atom. The molecule has 2 N–H and O–H groups in total. The fraction of sp³-hybridized carbons (Fsp3) is 0.588. The number of halogens is 1. The Labute approximate surface area is 126 Å². The van der Waals surface area contributed by atoms with Crippen LogP contribution >= 0.6 is 0 Å². The van der Waals surface area contributed by atoms with Crippen molar-refractivity contribution in [1.29, 1.82) is 0 Å². The molecule has 0 radical (unpaired) electrons. The smallest absolute Gasteiger partial charge is 0.223 e. The van der Waals surface area contributed by atoms with Crippen molar-refractivity contribution < 1.29 is 9.18 Å². The van der Waals surface area contributed by atoms with Crippen molar-refractivity contribution in [2.75, 3.05) is 13.1 Å². The van der Waals surface area contributed by atoms with Gasteiger partial charge in [-0.3, -0.25) is 4.79 Å². The molecule has 3 nitrogen and oxygen atoms in total. The lowest BCUT2D eigenvalue weighted by molar-refractivity contribution is -0.126. The van der Waals surface area contributed by atoms with Crippen LogP contribution in [0, 0.1) is 11.7 Å². The first kappa shape index (κ1) is 16.0. The summed E-state index contributed by atoms with van der Waals surface area (Å²) in [4.78, 5) is 12.3. The van der Waals surface area contributed by atoms with E-state index in [1.54, 1.807) is 12.1 Å². The summed E-state index contributed by atoms with van der Waals surface area (Å²) in [5.41, 5.74) is 0.824. The minimum absolute atomic E-state index is 0.102. The summed E-state index contributed by atoms with van der Waals surface area (Å²) in [6.45, 7) is 7.70. The molecule has 0 aliphatic carbocycles. The Morgan fingerprint density at radius 1 is 1.38 bits per heavy atom. The van der Waals surface area contributed by atoms with Crippen LogP contribution in [0.5, 0.6) is 0 Å². The second kappa shape index (κ2) is 6.56. The summed E-state index contributed by atoms with van der Waals surface area (Å²) < 4.78 is 13.0. The normalized spacial score (nSPS) is 22.9. The van der Waals surface area contributed by atoms with Crippen molar-refractivity contribution in [2.24, 2.45) is 5.92 Å². The summed E-state index contributed by atoms with van der Waals surface area (Å²) in [7, 11) is 0. The van der Waals surface area contributed by atoms with E-state index in [0.29, 0.717) is 12.6 Å². The number of piperidine rings is 1. The minimum atomic E-state index is -0.234. The number of rotatable bonds is 4. The SMILES string of the molecule is C[C@H]1C[C@@H](C(=O)NCC(C)(C)c2ccc(F)cc2)CCN1. The van der Waals surface area contributed by atoms with E-state index >= 15 is 0 Å². The molecule has 4 heteroatoms. The first-order chi connectivity index (χ1) is 9.88. The van der Waals surface area contributed by atoms with Gasteiger partial charge in [0.1, 0.15) is 5.82 Å². The van der Waals surface area contributed by atoms with Gasteiger partial charge in [0.2, 0.25) is 5.91 Å². The third-order valence-electron chi connectivity index (χ3n) is 4.32. The highest BCUT2D eigenvalue weighted by molar-refractivity contribution is 5.78. The maximum Gasteiger partial charge on any atom is 0.223 e. The maximum absolute atomic E-state index is 13.0. The Hall–Kier alpha value is -1.42. The molecule has 2 atom stereocenters. The molecule has 0 bridgehead atoms. The zero-order valence-electron chi connectivity index (χ0n) is 13.1. The number of carbonyl (C=O) groups excluding carboxylic acids is 1. The first-order valence-corrected chi connectivity index (χ1v) is 7.65. The van der Waals surface area contributed by atoms with Crippen LogP contribution in [0.25, 0.3) is 0 Å². The summed E-state index contributed by atoms with van der Waals surface area (Å²) in [6, 6.07) is 6.91. The van der Waals surface area contributed by atoms with Gasteiger partial charge < -0.3 is 10.6 Å². The van der Waals surface area contributed by atoms with E-state index in [9.17, 15) is 9.18 Å². The van der Waals surface area contributed by atoms with Gasteiger partial charge in [-0.25, -0.2) is 4.39 Å². The van der Waals surface area contributed by atoms with Crippen LogP contribution in [0.4, 0.5) is 4.39 Å². The number of hydrogen-bond donors (Lipinski definition) is 2. The van der Waals surface area contributed by atoms with Crippen LogP contribution in [-0.4, -0.2) is 25.0 Å². The molecule has 1 aliphatic heterocycles. The van der Waals surface area contributed by atoms with Crippen molar-refractivity contribution in [1.82, 2.24) is 10.6 Å². The molecule has 2 rings (SSSR count). The molecule has 0 saturated carbocycles. The van der Waals surface area contributed by atoms with Gasteiger partial charge in [0.05, 0.1) is 0 Å². The Balaban J connectivity index is 1.91. The van der Waals surface area contributed by atoms with E-state index in [1.165, 1.54) is 12.1 Å². The van der Waals surface area contributed by atoms with E-state index in [1.807, 2.05) is 0 Å². The monoisotopic (exact) mass is 292 g/mol. The average Bonchev–Trinajstić information content (AvgIpc) is 2.45. The van der Waals surface area contributed by atoms with Gasteiger partial charge >= 0.3 is 0 Å². The first-order valence-electron chi connectivity index (χ1n) is 7.65. The van der Waals surface area contributed by atoms with E-state index < -0.39 is 0 Å². The van der Waals surface area contributed by atoms with Crippen LogP contribution < -0.4 is 10.6 Å². The Morgan fingerprint density at radius 2 is 2.05 bits per heavy atom.